The highest BCUT2D eigenvalue weighted by molar-refractivity contribution is 5.87. The molecule has 1 aliphatic heterocycles. The predicted octanol–water partition coefficient (Wildman–Crippen LogP) is 5.29. The molecule has 5 nitrogen and oxygen atoms in total. The van der Waals surface area contributed by atoms with Gasteiger partial charge in [-0.3, -0.25) is 9.78 Å². The zero-order valence-electron chi connectivity index (χ0n) is 18.9. The van der Waals surface area contributed by atoms with Crippen molar-refractivity contribution >= 4 is 27.7 Å². The minimum absolute atomic E-state index is 0.201. The van der Waals surface area contributed by atoms with Gasteiger partial charge in [0.1, 0.15) is 5.75 Å². The first kappa shape index (κ1) is 20.6. The third-order valence-corrected chi connectivity index (χ3v) is 7.02. The number of benzene rings is 2. The molecule has 1 amide bonds. The summed E-state index contributed by atoms with van der Waals surface area (Å²) in [5.74, 6) is 1.53. The van der Waals surface area contributed by atoms with E-state index in [0.717, 1.165) is 59.4 Å². The maximum Gasteiger partial charge on any atom is 0.227 e. The Hall–Kier alpha value is -3.34. The number of aromatic nitrogens is 2. The molecule has 0 aliphatic carbocycles. The molecule has 1 fully saturated rings. The number of amides is 1. The predicted molar refractivity (Wildman–Crippen MR) is 128 cm³/mol. The number of fused-ring (bicyclic) bond motifs is 2. The van der Waals surface area contributed by atoms with Crippen LogP contribution >= 0.6 is 0 Å². The van der Waals surface area contributed by atoms with E-state index >= 15 is 0 Å². The molecule has 4 aromatic rings. The van der Waals surface area contributed by atoms with E-state index in [9.17, 15) is 4.79 Å². The van der Waals surface area contributed by atoms with Crippen LogP contribution in [-0.4, -0.2) is 41.0 Å². The zero-order chi connectivity index (χ0) is 22.2. The summed E-state index contributed by atoms with van der Waals surface area (Å²) in [7, 11) is 1.70. The Bertz CT molecular complexity index is 1300. The molecule has 0 saturated carbocycles. The molecule has 0 bridgehead atoms. The molecule has 5 heteroatoms. The minimum atomic E-state index is 0.201. The molecule has 2 aromatic heterocycles. The van der Waals surface area contributed by atoms with Crippen LogP contribution in [0.5, 0.6) is 5.75 Å². The van der Waals surface area contributed by atoms with Crippen LogP contribution in [0.4, 0.5) is 0 Å². The fraction of sp³-hybridized carbons (Fsp3) is 0.333. The van der Waals surface area contributed by atoms with Crippen LogP contribution in [0.15, 0.2) is 48.7 Å². The summed E-state index contributed by atoms with van der Waals surface area (Å²) in [4.78, 5) is 23.3. The number of carbonyl (C=O) groups is 1. The average Bonchev–Trinajstić information content (AvgIpc) is 3.25. The summed E-state index contributed by atoms with van der Waals surface area (Å²) in [6.07, 6.45) is 4.50. The van der Waals surface area contributed by atoms with Crippen molar-refractivity contribution < 1.29 is 9.53 Å². The van der Waals surface area contributed by atoms with E-state index < -0.39 is 0 Å². The van der Waals surface area contributed by atoms with Crippen LogP contribution in [0.25, 0.3) is 21.8 Å². The average molecular weight is 428 g/mol. The topological polar surface area (TPSA) is 58.2 Å². The van der Waals surface area contributed by atoms with Gasteiger partial charge in [-0.05, 0) is 73.6 Å². The van der Waals surface area contributed by atoms with Gasteiger partial charge >= 0.3 is 0 Å². The lowest BCUT2D eigenvalue weighted by Gasteiger charge is -2.32. The lowest BCUT2D eigenvalue weighted by atomic mass is 9.89. The zero-order valence-corrected chi connectivity index (χ0v) is 18.9. The van der Waals surface area contributed by atoms with E-state index in [2.05, 4.69) is 36.3 Å². The third-order valence-electron chi connectivity index (χ3n) is 7.02. The summed E-state index contributed by atoms with van der Waals surface area (Å²) in [5.41, 5.74) is 6.65. The second-order valence-electron chi connectivity index (χ2n) is 8.81. The van der Waals surface area contributed by atoms with Gasteiger partial charge < -0.3 is 14.6 Å². The molecule has 0 radical (unpaired) electrons. The standard InChI is InChI=1S/C27H29N3O2/c1-17-21-6-4-5-7-26(21)29-18(2)22(17)15-27(31)30-12-10-19(11-13-30)24-16-28-25-9-8-20(32-3)14-23(24)25/h4-9,14,16,19,28H,10-13,15H2,1-3H3. The molecule has 5 rings (SSSR count). The van der Waals surface area contributed by atoms with Gasteiger partial charge in [-0.1, -0.05) is 18.2 Å². The maximum atomic E-state index is 13.2. The van der Waals surface area contributed by atoms with Gasteiger partial charge in [-0.2, -0.15) is 0 Å². The summed E-state index contributed by atoms with van der Waals surface area (Å²) in [6.45, 7) is 5.70. The van der Waals surface area contributed by atoms with Gasteiger partial charge in [0, 0.05) is 41.3 Å². The molecule has 0 spiro atoms. The van der Waals surface area contributed by atoms with Crippen LogP contribution in [0.2, 0.25) is 0 Å². The number of likely N-dealkylation sites (tertiary alicyclic amines) is 1. The van der Waals surface area contributed by atoms with Crippen LogP contribution < -0.4 is 4.74 Å². The normalized spacial score (nSPS) is 14.9. The lowest BCUT2D eigenvalue weighted by molar-refractivity contribution is -0.131. The largest absolute Gasteiger partial charge is 0.497 e. The van der Waals surface area contributed by atoms with E-state index in [-0.39, 0.29) is 5.91 Å². The van der Waals surface area contributed by atoms with E-state index in [1.54, 1.807) is 7.11 Å². The van der Waals surface area contributed by atoms with Gasteiger partial charge in [-0.25, -0.2) is 0 Å². The SMILES string of the molecule is COc1ccc2[nH]cc(C3CCN(C(=O)Cc4c(C)nc5ccccc5c4C)CC3)c2c1. The van der Waals surface area contributed by atoms with Crippen LogP contribution in [0.1, 0.15) is 41.1 Å². The molecule has 32 heavy (non-hydrogen) atoms. The fourth-order valence-electron chi connectivity index (χ4n) is 5.12. The summed E-state index contributed by atoms with van der Waals surface area (Å²) < 4.78 is 5.41. The second kappa shape index (κ2) is 8.30. The lowest BCUT2D eigenvalue weighted by Crippen LogP contribution is -2.39. The number of hydrogen-bond donors (Lipinski definition) is 1. The smallest absolute Gasteiger partial charge is 0.227 e. The van der Waals surface area contributed by atoms with Gasteiger partial charge in [0.25, 0.3) is 0 Å². The van der Waals surface area contributed by atoms with E-state index in [1.807, 2.05) is 36.1 Å². The number of ether oxygens (including phenoxy) is 1. The maximum absolute atomic E-state index is 13.2. The van der Waals surface area contributed by atoms with Crippen molar-refractivity contribution in [2.45, 2.75) is 39.0 Å². The number of para-hydroxylation sites is 1. The van der Waals surface area contributed by atoms with Crippen LogP contribution in [-0.2, 0) is 11.2 Å². The highest BCUT2D eigenvalue weighted by atomic mass is 16.5. The van der Waals surface area contributed by atoms with Gasteiger partial charge in [0.2, 0.25) is 5.91 Å². The fourth-order valence-corrected chi connectivity index (χ4v) is 5.12. The number of nitrogens with zero attached hydrogens (tertiary/aromatic N) is 2. The molecule has 0 atom stereocenters. The van der Waals surface area contributed by atoms with Gasteiger partial charge in [-0.15, -0.1) is 0 Å². The van der Waals surface area contributed by atoms with Crippen LogP contribution in [0.3, 0.4) is 0 Å². The van der Waals surface area contributed by atoms with E-state index in [4.69, 9.17) is 9.72 Å². The minimum Gasteiger partial charge on any atom is -0.497 e. The Kier molecular flexibility index (Phi) is 5.33. The number of aryl methyl sites for hydroxylation is 2. The van der Waals surface area contributed by atoms with Crippen molar-refractivity contribution in [2.24, 2.45) is 0 Å². The molecule has 164 valence electrons. The quantitative estimate of drug-likeness (QED) is 0.481. The summed E-state index contributed by atoms with van der Waals surface area (Å²) >= 11 is 0. The number of methoxy groups -OCH3 is 1. The van der Waals surface area contributed by atoms with E-state index in [0.29, 0.717) is 12.3 Å². The molecule has 2 aromatic carbocycles. The number of piperidine rings is 1. The molecule has 0 unspecified atom stereocenters. The second-order valence-corrected chi connectivity index (χ2v) is 8.81. The van der Waals surface area contributed by atoms with Crippen molar-refractivity contribution in [3.63, 3.8) is 0 Å². The Labute approximate surface area is 188 Å². The molecule has 3 heterocycles. The van der Waals surface area contributed by atoms with Crippen molar-refractivity contribution in [2.75, 3.05) is 20.2 Å². The molecule has 1 aliphatic rings. The monoisotopic (exact) mass is 427 g/mol. The van der Waals surface area contributed by atoms with Crippen molar-refractivity contribution in [3.8, 4) is 5.75 Å². The number of pyridine rings is 1. The number of H-pyrrole nitrogens is 1. The van der Waals surface area contributed by atoms with Crippen molar-refractivity contribution in [1.82, 2.24) is 14.9 Å². The highest BCUT2D eigenvalue weighted by Gasteiger charge is 2.26. The highest BCUT2D eigenvalue weighted by Crippen LogP contribution is 2.35. The molecule has 1 N–H and O–H groups in total. The Balaban J connectivity index is 1.30. The number of rotatable bonds is 4. The number of hydrogen-bond acceptors (Lipinski definition) is 3. The first-order valence-corrected chi connectivity index (χ1v) is 11.3. The van der Waals surface area contributed by atoms with Gasteiger partial charge in [0.15, 0.2) is 0 Å². The van der Waals surface area contributed by atoms with Crippen LogP contribution in [0, 0.1) is 13.8 Å². The number of carbonyl (C=O) groups excluding carboxylic acids is 1. The molecule has 1 saturated heterocycles. The van der Waals surface area contributed by atoms with Crippen molar-refractivity contribution in [3.05, 3.63) is 71.0 Å². The van der Waals surface area contributed by atoms with Gasteiger partial charge in [0.05, 0.1) is 19.0 Å². The molecular weight excluding hydrogens is 398 g/mol. The Morgan fingerprint density at radius 2 is 1.91 bits per heavy atom. The van der Waals surface area contributed by atoms with Crippen molar-refractivity contribution in [1.29, 1.82) is 0 Å². The van der Waals surface area contributed by atoms with E-state index in [1.165, 1.54) is 16.5 Å². The third kappa shape index (κ3) is 3.62. The number of aromatic amines is 1. The number of nitrogens with one attached hydrogen (secondary N) is 1. The summed E-state index contributed by atoms with van der Waals surface area (Å²) in [5, 5.41) is 2.36. The first-order chi connectivity index (χ1) is 15.5. The Morgan fingerprint density at radius 1 is 1.12 bits per heavy atom. The first-order valence-electron chi connectivity index (χ1n) is 11.3. The summed E-state index contributed by atoms with van der Waals surface area (Å²) in [6, 6.07) is 14.3. The Morgan fingerprint density at radius 3 is 2.69 bits per heavy atom. The molecular formula is C27H29N3O2.